The molecule has 0 spiro atoms. The molecular weight excluding hydrogens is 379 g/mol. The zero-order chi connectivity index (χ0) is 21.9. The van der Waals surface area contributed by atoms with Crippen molar-refractivity contribution >= 4 is 18.9 Å². The number of nitrogens with one attached hydrogen (secondary N) is 2. The maximum absolute atomic E-state index is 12.9. The lowest BCUT2D eigenvalue weighted by Gasteiger charge is -2.24. The van der Waals surface area contributed by atoms with Gasteiger partial charge in [-0.1, -0.05) is 74.5 Å². The average Bonchev–Trinajstić information content (AvgIpc) is 2.72. The monoisotopic (exact) mass is 410 g/mol. The largest absolute Gasteiger partial charge is 0.475 e. The number of hydrogen-bond donors (Lipinski definition) is 4. The lowest BCUT2D eigenvalue weighted by molar-refractivity contribution is -0.129. The van der Waals surface area contributed by atoms with Gasteiger partial charge in [0.1, 0.15) is 6.04 Å². The predicted octanol–water partition coefficient (Wildman–Crippen LogP) is 1.89. The molecule has 0 unspecified atom stereocenters. The minimum Gasteiger partial charge on any atom is -0.426 e. The van der Waals surface area contributed by atoms with Gasteiger partial charge in [-0.25, -0.2) is 0 Å². The molecule has 2 aromatic rings. The lowest BCUT2D eigenvalue weighted by atomic mass is 9.75. The highest BCUT2D eigenvalue weighted by Crippen LogP contribution is 2.09. The molecule has 2 amide bonds. The Labute approximate surface area is 178 Å². The second-order valence-corrected chi connectivity index (χ2v) is 7.95. The van der Waals surface area contributed by atoms with E-state index in [1.54, 1.807) is 0 Å². The van der Waals surface area contributed by atoms with E-state index in [0.717, 1.165) is 11.1 Å². The molecule has 0 fully saturated rings. The molecule has 160 valence electrons. The fourth-order valence-corrected chi connectivity index (χ4v) is 3.27. The first-order valence-electron chi connectivity index (χ1n) is 10.4. The van der Waals surface area contributed by atoms with Gasteiger partial charge in [-0.15, -0.1) is 0 Å². The summed E-state index contributed by atoms with van der Waals surface area (Å²) >= 11 is 0. The second-order valence-electron chi connectivity index (χ2n) is 7.95. The third-order valence-corrected chi connectivity index (χ3v) is 4.83. The van der Waals surface area contributed by atoms with Crippen molar-refractivity contribution in [2.75, 3.05) is 0 Å². The van der Waals surface area contributed by atoms with Gasteiger partial charge in [-0.2, -0.15) is 0 Å². The molecule has 6 nitrogen and oxygen atoms in total. The Hall–Kier alpha value is -2.64. The van der Waals surface area contributed by atoms with Crippen molar-refractivity contribution in [2.24, 2.45) is 5.92 Å². The van der Waals surface area contributed by atoms with Crippen molar-refractivity contribution in [3.05, 3.63) is 71.8 Å². The van der Waals surface area contributed by atoms with Crippen LogP contribution in [0.3, 0.4) is 0 Å². The SMILES string of the molecule is CC(C)C[C@H](NC(=O)[C@H](Cc1ccccc1)NC(=O)CCc1ccccc1)B(O)O. The van der Waals surface area contributed by atoms with E-state index < -0.39 is 25.0 Å². The van der Waals surface area contributed by atoms with E-state index in [4.69, 9.17) is 0 Å². The smallest absolute Gasteiger partial charge is 0.426 e. The fourth-order valence-electron chi connectivity index (χ4n) is 3.27. The van der Waals surface area contributed by atoms with Gasteiger partial charge in [-0.05, 0) is 29.9 Å². The number of amides is 2. The number of carbonyl (C=O) groups excluding carboxylic acids is 2. The van der Waals surface area contributed by atoms with Gasteiger partial charge < -0.3 is 20.7 Å². The minimum absolute atomic E-state index is 0.171. The lowest BCUT2D eigenvalue weighted by Crippen LogP contribution is -2.55. The molecule has 0 bridgehead atoms. The number of carbonyl (C=O) groups is 2. The van der Waals surface area contributed by atoms with Gasteiger partial charge in [0.25, 0.3) is 0 Å². The Morgan fingerprint density at radius 2 is 1.47 bits per heavy atom. The van der Waals surface area contributed by atoms with Crippen LogP contribution in [0.1, 0.15) is 37.8 Å². The van der Waals surface area contributed by atoms with Crippen LogP contribution in [0.25, 0.3) is 0 Å². The van der Waals surface area contributed by atoms with E-state index in [2.05, 4.69) is 10.6 Å². The van der Waals surface area contributed by atoms with Crippen LogP contribution in [0.15, 0.2) is 60.7 Å². The molecule has 0 saturated heterocycles. The summed E-state index contributed by atoms with van der Waals surface area (Å²) < 4.78 is 0. The average molecular weight is 410 g/mol. The molecule has 0 aromatic heterocycles. The highest BCUT2D eigenvalue weighted by atomic mass is 16.4. The van der Waals surface area contributed by atoms with E-state index in [0.29, 0.717) is 19.3 Å². The van der Waals surface area contributed by atoms with Gasteiger partial charge in [0.15, 0.2) is 0 Å². The normalized spacial score (nSPS) is 12.8. The first kappa shape index (κ1) is 23.6. The van der Waals surface area contributed by atoms with Crippen LogP contribution in [0.5, 0.6) is 0 Å². The van der Waals surface area contributed by atoms with E-state index in [1.165, 1.54) is 0 Å². The highest BCUT2D eigenvalue weighted by Gasteiger charge is 2.29. The molecule has 0 saturated carbocycles. The van der Waals surface area contributed by atoms with Crippen molar-refractivity contribution < 1.29 is 19.6 Å². The molecule has 2 rings (SSSR count). The molecule has 2 atom stereocenters. The molecule has 4 N–H and O–H groups in total. The van der Waals surface area contributed by atoms with Crippen LogP contribution < -0.4 is 10.6 Å². The Bertz CT molecular complexity index is 784. The summed E-state index contributed by atoms with van der Waals surface area (Å²) in [7, 11) is -1.66. The van der Waals surface area contributed by atoms with Crippen LogP contribution in [-0.4, -0.2) is 41.0 Å². The molecule has 0 aliphatic rings. The molecular formula is C23H31BN2O4. The molecule has 0 aliphatic carbocycles. The third-order valence-electron chi connectivity index (χ3n) is 4.83. The van der Waals surface area contributed by atoms with Gasteiger partial charge in [-0.3, -0.25) is 9.59 Å². The van der Waals surface area contributed by atoms with Crippen LogP contribution >= 0.6 is 0 Å². The maximum Gasteiger partial charge on any atom is 0.475 e. The van der Waals surface area contributed by atoms with E-state index in [9.17, 15) is 19.6 Å². The van der Waals surface area contributed by atoms with Crippen LogP contribution in [0.2, 0.25) is 0 Å². The third kappa shape index (κ3) is 8.39. The van der Waals surface area contributed by atoms with Gasteiger partial charge in [0.05, 0.1) is 5.94 Å². The zero-order valence-electron chi connectivity index (χ0n) is 17.6. The molecule has 0 aliphatic heterocycles. The Kier molecular flexibility index (Phi) is 9.57. The van der Waals surface area contributed by atoms with Crippen LogP contribution in [0, 0.1) is 5.92 Å². The molecule has 30 heavy (non-hydrogen) atoms. The standard InChI is InChI=1S/C23H31BN2O4/c1-17(2)15-21(24(29)30)26-23(28)20(16-19-11-7-4-8-12-19)25-22(27)14-13-18-9-5-3-6-10-18/h3-12,17,20-21,29-30H,13-16H2,1-2H3,(H,25,27)(H,26,28)/t20-,21-/m0/s1. The molecule has 0 heterocycles. The number of rotatable bonds is 11. The van der Waals surface area contributed by atoms with Crippen LogP contribution in [0.4, 0.5) is 0 Å². The quantitative estimate of drug-likeness (QED) is 0.425. The number of hydrogen-bond acceptors (Lipinski definition) is 4. The summed E-state index contributed by atoms with van der Waals surface area (Å²) in [5, 5.41) is 24.8. The molecule has 7 heteroatoms. The minimum atomic E-state index is -1.66. The summed E-state index contributed by atoms with van der Waals surface area (Å²) in [5.41, 5.74) is 1.96. The second kappa shape index (κ2) is 12.1. The molecule has 2 aromatic carbocycles. The van der Waals surface area contributed by atoms with Crippen molar-refractivity contribution in [3.8, 4) is 0 Å². The summed E-state index contributed by atoms with van der Waals surface area (Å²) in [6, 6.07) is 18.3. The predicted molar refractivity (Wildman–Crippen MR) is 118 cm³/mol. The zero-order valence-corrected chi connectivity index (χ0v) is 17.6. The highest BCUT2D eigenvalue weighted by molar-refractivity contribution is 6.43. The summed E-state index contributed by atoms with van der Waals surface area (Å²) in [6.07, 6.45) is 1.58. The van der Waals surface area contributed by atoms with Crippen molar-refractivity contribution in [2.45, 2.75) is 51.5 Å². The fraction of sp³-hybridized carbons (Fsp3) is 0.391. The first-order chi connectivity index (χ1) is 14.3. The van der Waals surface area contributed by atoms with Crippen LogP contribution in [-0.2, 0) is 22.4 Å². The van der Waals surface area contributed by atoms with Crippen molar-refractivity contribution in [1.82, 2.24) is 10.6 Å². The Balaban J connectivity index is 2.05. The van der Waals surface area contributed by atoms with E-state index in [1.807, 2.05) is 74.5 Å². The van der Waals surface area contributed by atoms with E-state index >= 15 is 0 Å². The van der Waals surface area contributed by atoms with Gasteiger partial charge in [0, 0.05) is 12.8 Å². The Morgan fingerprint density at radius 3 is 2.00 bits per heavy atom. The first-order valence-corrected chi connectivity index (χ1v) is 10.4. The van der Waals surface area contributed by atoms with E-state index in [-0.39, 0.29) is 18.2 Å². The summed E-state index contributed by atoms with van der Waals surface area (Å²) in [5.74, 6) is -1.27. The molecule has 0 radical (unpaired) electrons. The number of benzene rings is 2. The maximum atomic E-state index is 12.9. The Morgan fingerprint density at radius 1 is 0.900 bits per heavy atom. The van der Waals surface area contributed by atoms with Crippen molar-refractivity contribution in [3.63, 3.8) is 0 Å². The van der Waals surface area contributed by atoms with Gasteiger partial charge in [0.2, 0.25) is 11.8 Å². The topological polar surface area (TPSA) is 98.7 Å². The summed E-state index contributed by atoms with van der Waals surface area (Å²) in [4.78, 5) is 25.4. The van der Waals surface area contributed by atoms with Gasteiger partial charge >= 0.3 is 7.12 Å². The summed E-state index contributed by atoms with van der Waals surface area (Å²) in [6.45, 7) is 3.88. The van der Waals surface area contributed by atoms with Crippen molar-refractivity contribution in [1.29, 1.82) is 0 Å². The number of aryl methyl sites for hydroxylation is 1.